The molecule has 1 atom stereocenters. The van der Waals surface area contributed by atoms with Crippen LogP contribution in [-0.2, 0) is 11.2 Å². The molecule has 2 fully saturated rings. The molecule has 0 unspecified atom stereocenters. The lowest BCUT2D eigenvalue weighted by Gasteiger charge is -2.35. The van der Waals surface area contributed by atoms with Gasteiger partial charge in [-0.3, -0.25) is 9.69 Å². The fourth-order valence-electron chi connectivity index (χ4n) is 4.36. The highest BCUT2D eigenvalue weighted by molar-refractivity contribution is 6.30. The topological polar surface area (TPSA) is 26.8 Å². The number of hydrogen-bond donors (Lipinski definition) is 0. The predicted molar refractivity (Wildman–Crippen MR) is 112 cm³/mol. The van der Waals surface area contributed by atoms with Gasteiger partial charge in [0.1, 0.15) is 0 Å². The molecule has 2 heterocycles. The van der Waals surface area contributed by atoms with Crippen LogP contribution in [0.4, 0.5) is 0 Å². The second-order valence-corrected chi connectivity index (χ2v) is 8.73. The summed E-state index contributed by atoms with van der Waals surface area (Å²) < 4.78 is 0. The number of benzene rings is 1. The van der Waals surface area contributed by atoms with Crippen molar-refractivity contribution in [2.45, 2.75) is 38.5 Å². The average Bonchev–Trinajstić information content (AvgIpc) is 2.68. The van der Waals surface area contributed by atoms with Crippen LogP contribution in [0.15, 0.2) is 24.3 Å². The molecule has 0 saturated carbocycles. The molecule has 0 aliphatic carbocycles. The first-order valence-corrected chi connectivity index (χ1v) is 10.9. The van der Waals surface area contributed by atoms with Crippen molar-refractivity contribution in [1.29, 1.82) is 0 Å². The molecule has 1 amide bonds. The molecule has 27 heavy (non-hydrogen) atoms. The fraction of sp³-hybridized carbons (Fsp3) is 0.682. The van der Waals surface area contributed by atoms with Crippen molar-refractivity contribution in [3.8, 4) is 0 Å². The maximum Gasteiger partial charge on any atom is 0.236 e. The van der Waals surface area contributed by atoms with Crippen LogP contribution in [0.25, 0.3) is 0 Å². The molecule has 0 spiro atoms. The van der Waals surface area contributed by atoms with Crippen LogP contribution in [-0.4, -0.2) is 73.5 Å². The molecule has 4 nitrogen and oxygen atoms in total. The van der Waals surface area contributed by atoms with E-state index in [1.807, 2.05) is 24.1 Å². The van der Waals surface area contributed by atoms with Gasteiger partial charge in [0.05, 0.1) is 6.54 Å². The number of nitrogens with zero attached hydrogens (tertiary/aromatic N) is 3. The largest absolute Gasteiger partial charge is 0.344 e. The third kappa shape index (κ3) is 6.78. The number of likely N-dealkylation sites (tertiary alicyclic amines) is 2. The van der Waals surface area contributed by atoms with E-state index in [9.17, 15) is 4.79 Å². The minimum atomic E-state index is 0.287. The summed E-state index contributed by atoms with van der Waals surface area (Å²) in [6, 6.07) is 8.19. The van der Waals surface area contributed by atoms with Crippen molar-refractivity contribution in [2.24, 2.45) is 5.92 Å². The number of likely N-dealkylation sites (N-methyl/N-ethyl adjacent to an activating group) is 1. The van der Waals surface area contributed by atoms with E-state index >= 15 is 0 Å². The van der Waals surface area contributed by atoms with Crippen LogP contribution >= 0.6 is 11.6 Å². The van der Waals surface area contributed by atoms with Gasteiger partial charge >= 0.3 is 0 Å². The van der Waals surface area contributed by atoms with E-state index in [1.54, 1.807) is 0 Å². The first-order chi connectivity index (χ1) is 13.1. The zero-order valence-electron chi connectivity index (χ0n) is 16.7. The van der Waals surface area contributed by atoms with Crippen LogP contribution < -0.4 is 0 Å². The summed E-state index contributed by atoms with van der Waals surface area (Å²) in [6.45, 7) is 7.03. The highest BCUT2D eigenvalue weighted by atomic mass is 35.5. The zero-order valence-corrected chi connectivity index (χ0v) is 17.5. The van der Waals surface area contributed by atoms with E-state index < -0.39 is 0 Å². The number of carbonyl (C=O) groups is 1. The summed E-state index contributed by atoms with van der Waals surface area (Å²) in [7, 11) is 1.99. The molecule has 2 aliphatic heterocycles. The third-order valence-corrected chi connectivity index (χ3v) is 6.25. The Bertz CT molecular complexity index is 586. The molecule has 1 aromatic rings. The standard InChI is InChI=1S/C22H34ClN3O/c1-24(22(27)18-25-12-3-2-4-13-25)16-20-6-5-14-26(17-20)15-11-19-7-9-21(23)10-8-19/h7-10,20H,2-6,11-18H2,1H3/t20-/m1/s1. The second-order valence-electron chi connectivity index (χ2n) is 8.30. The van der Waals surface area contributed by atoms with E-state index in [0.717, 1.165) is 44.2 Å². The average molecular weight is 392 g/mol. The van der Waals surface area contributed by atoms with Gasteiger partial charge in [0, 0.05) is 31.7 Å². The van der Waals surface area contributed by atoms with Crippen LogP contribution in [0.5, 0.6) is 0 Å². The van der Waals surface area contributed by atoms with E-state index in [4.69, 9.17) is 11.6 Å². The number of amides is 1. The minimum absolute atomic E-state index is 0.287. The molecule has 2 saturated heterocycles. The Labute approximate surface area is 169 Å². The lowest BCUT2D eigenvalue weighted by Crippen LogP contribution is -2.45. The molecule has 3 rings (SSSR count). The Morgan fingerprint density at radius 1 is 1.07 bits per heavy atom. The molecule has 1 aromatic carbocycles. The lowest BCUT2D eigenvalue weighted by molar-refractivity contribution is -0.132. The van der Waals surface area contributed by atoms with E-state index in [0.29, 0.717) is 12.5 Å². The van der Waals surface area contributed by atoms with Gasteiger partial charge in [-0.05, 0) is 75.4 Å². The SMILES string of the molecule is CN(C[C@H]1CCCN(CCc2ccc(Cl)cc2)C1)C(=O)CN1CCCCC1. The quantitative estimate of drug-likeness (QED) is 0.711. The maximum atomic E-state index is 12.6. The summed E-state index contributed by atoms with van der Waals surface area (Å²) in [6.07, 6.45) is 7.32. The summed E-state index contributed by atoms with van der Waals surface area (Å²) in [4.78, 5) is 19.4. The lowest BCUT2D eigenvalue weighted by atomic mass is 9.97. The monoisotopic (exact) mass is 391 g/mol. The highest BCUT2D eigenvalue weighted by Gasteiger charge is 2.23. The summed E-state index contributed by atoms with van der Waals surface area (Å²) >= 11 is 5.97. The molecule has 0 N–H and O–H groups in total. The molecular weight excluding hydrogens is 358 g/mol. The van der Waals surface area contributed by atoms with Crippen LogP contribution in [0.3, 0.4) is 0 Å². The fourth-order valence-corrected chi connectivity index (χ4v) is 4.49. The first kappa shape index (κ1) is 20.6. The van der Waals surface area contributed by atoms with Gasteiger partial charge in [-0.25, -0.2) is 0 Å². The van der Waals surface area contributed by atoms with Gasteiger partial charge < -0.3 is 9.80 Å². The van der Waals surface area contributed by atoms with Crippen molar-refractivity contribution < 1.29 is 4.79 Å². The van der Waals surface area contributed by atoms with Crippen LogP contribution in [0.1, 0.15) is 37.7 Å². The van der Waals surface area contributed by atoms with E-state index in [-0.39, 0.29) is 5.91 Å². The van der Waals surface area contributed by atoms with Gasteiger partial charge in [-0.1, -0.05) is 30.2 Å². The number of halogens is 1. The first-order valence-electron chi connectivity index (χ1n) is 10.5. The summed E-state index contributed by atoms with van der Waals surface area (Å²) in [5.74, 6) is 0.884. The van der Waals surface area contributed by atoms with Gasteiger partial charge in [0.2, 0.25) is 5.91 Å². The Balaban J connectivity index is 1.40. The molecule has 0 bridgehead atoms. The second kappa shape index (κ2) is 10.4. The van der Waals surface area contributed by atoms with Crippen molar-refractivity contribution in [3.63, 3.8) is 0 Å². The minimum Gasteiger partial charge on any atom is -0.344 e. The Kier molecular flexibility index (Phi) is 7.98. The number of rotatable bonds is 7. The molecule has 0 radical (unpaired) electrons. The number of piperidine rings is 2. The van der Waals surface area contributed by atoms with E-state index in [1.165, 1.54) is 44.2 Å². The smallest absolute Gasteiger partial charge is 0.236 e. The molecular formula is C22H34ClN3O. The van der Waals surface area contributed by atoms with Crippen molar-refractivity contribution >= 4 is 17.5 Å². The predicted octanol–water partition coefficient (Wildman–Crippen LogP) is 3.54. The van der Waals surface area contributed by atoms with Gasteiger partial charge in [-0.15, -0.1) is 0 Å². The van der Waals surface area contributed by atoms with Crippen LogP contribution in [0.2, 0.25) is 5.02 Å². The molecule has 5 heteroatoms. The highest BCUT2D eigenvalue weighted by Crippen LogP contribution is 2.19. The number of hydrogen-bond acceptors (Lipinski definition) is 3. The molecule has 2 aliphatic rings. The van der Waals surface area contributed by atoms with Gasteiger partial charge in [-0.2, -0.15) is 0 Å². The van der Waals surface area contributed by atoms with Gasteiger partial charge in [0.25, 0.3) is 0 Å². The Morgan fingerprint density at radius 3 is 2.52 bits per heavy atom. The number of carbonyl (C=O) groups excluding carboxylic acids is 1. The van der Waals surface area contributed by atoms with E-state index in [2.05, 4.69) is 21.9 Å². The normalized spacial score (nSPS) is 21.9. The maximum absolute atomic E-state index is 12.6. The Hall–Kier alpha value is -1.10. The Morgan fingerprint density at radius 2 is 1.78 bits per heavy atom. The third-order valence-electron chi connectivity index (χ3n) is 6.00. The zero-order chi connectivity index (χ0) is 19.1. The molecule has 0 aromatic heterocycles. The van der Waals surface area contributed by atoms with Crippen molar-refractivity contribution in [1.82, 2.24) is 14.7 Å². The molecule has 150 valence electrons. The van der Waals surface area contributed by atoms with Crippen LogP contribution in [0, 0.1) is 5.92 Å². The summed E-state index contributed by atoms with van der Waals surface area (Å²) in [5.41, 5.74) is 1.34. The van der Waals surface area contributed by atoms with Crippen molar-refractivity contribution in [2.75, 3.05) is 52.9 Å². The van der Waals surface area contributed by atoms with Gasteiger partial charge in [0.15, 0.2) is 0 Å². The summed E-state index contributed by atoms with van der Waals surface area (Å²) in [5, 5.41) is 0.800. The van der Waals surface area contributed by atoms with Crippen molar-refractivity contribution in [3.05, 3.63) is 34.9 Å².